The molecule has 6 heteroatoms. The normalized spacial score (nSPS) is 22.0. The molecule has 0 spiro atoms. The Kier molecular flexibility index (Phi) is 4.13. The van der Waals surface area contributed by atoms with Gasteiger partial charge in [0.1, 0.15) is 0 Å². The molecule has 1 aliphatic heterocycles. The van der Waals surface area contributed by atoms with Crippen molar-refractivity contribution in [3.63, 3.8) is 0 Å². The van der Waals surface area contributed by atoms with Gasteiger partial charge in [-0.3, -0.25) is 9.59 Å². The summed E-state index contributed by atoms with van der Waals surface area (Å²) in [6.45, 7) is 0.735. The van der Waals surface area contributed by atoms with Crippen LogP contribution in [0.5, 0.6) is 0 Å². The van der Waals surface area contributed by atoms with Crippen LogP contribution < -0.4 is 16.4 Å². The minimum Gasteiger partial charge on any atom is -0.379 e. The third-order valence-corrected chi connectivity index (χ3v) is 3.08. The van der Waals surface area contributed by atoms with Gasteiger partial charge in [-0.1, -0.05) is 6.07 Å². The third kappa shape index (κ3) is 3.10. The summed E-state index contributed by atoms with van der Waals surface area (Å²) in [4.78, 5) is 23.5. The number of anilines is 1. The van der Waals surface area contributed by atoms with Gasteiger partial charge in [0.15, 0.2) is 0 Å². The van der Waals surface area contributed by atoms with Crippen molar-refractivity contribution in [3.05, 3.63) is 29.8 Å². The average Bonchev–Trinajstić information content (AvgIpc) is 2.84. The van der Waals surface area contributed by atoms with Gasteiger partial charge < -0.3 is 21.1 Å². The molecule has 2 atom stereocenters. The molecule has 1 saturated heterocycles. The number of benzene rings is 1. The minimum atomic E-state index is -0.344. The van der Waals surface area contributed by atoms with Crippen LogP contribution in [0, 0.1) is 5.92 Å². The topological polar surface area (TPSA) is 93.5 Å². The number of nitrogens with two attached hydrogens (primary N) is 1. The van der Waals surface area contributed by atoms with Crippen LogP contribution in [-0.4, -0.2) is 38.1 Å². The summed E-state index contributed by atoms with van der Waals surface area (Å²) in [5, 5.41) is 5.29. The second kappa shape index (κ2) is 5.81. The van der Waals surface area contributed by atoms with E-state index in [-0.39, 0.29) is 23.8 Å². The molecule has 1 aromatic carbocycles. The van der Waals surface area contributed by atoms with Crippen LogP contribution in [0.3, 0.4) is 0 Å². The molecule has 1 fully saturated rings. The number of rotatable bonds is 3. The van der Waals surface area contributed by atoms with Crippen LogP contribution in [0.25, 0.3) is 0 Å². The molecule has 2 unspecified atom stereocenters. The van der Waals surface area contributed by atoms with Gasteiger partial charge >= 0.3 is 0 Å². The SMILES string of the molecule is CNC(=O)c1cccc(NC(=O)C2COCC2N)c1. The Hall–Kier alpha value is -1.92. The van der Waals surface area contributed by atoms with Crippen LogP contribution >= 0.6 is 0 Å². The maximum atomic E-state index is 12.0. The lowest BCUT2D eigenvalue weighted by atomic mass is 10.0. The van der Waals surface area contributed by atoms with Gasteiger partial charge in [0, 0.05) is 24.3 Å². The van der Waals surface area contributed by atoms with Gasteiger partial charge in [0.2, 0.25) is 5.91 Å². The first-order chi connectivity index (χ1) is 9.11. The molecule has 19 heavy (non-hydrogen) atoms. The first kappa shape index (κ1) is 13.5. The zero-order valence-electron chi connectivity index (χ0n) is 10.7. The fourth-order valence-corrected chi connectivity index (χ4v) is 1.96. The fraction of sp³-hybridized carbons (Fsp3) is 0.385. The largest absolute Gasteiger partial charge is 0.379 e. The summed E-state index contributed by atoms with van der Waals surface area (Å²) in [5.41, 5.74) is 6.85. The molecule has 0 saturated carbocycles. The monoisotopic (exact) mass is 263 g/mol. The molecule has 0 radical (unpaired) electrons. The van der Waals surface area contributed by atoms with Crippen molar-refractivity contribution in [3.8, 4) is 0 Å². The lowest BCUT2D eigenvalue weighted by Gasteiger charge is -2.13. The highest BCUT2D eigenvalue weighted by atomic mass is 16.5. The molecule has 1 heterocycles. The Morgan fingerprint density at radius 3 is 2.79 bits per heavy atom. The van der Waals surface area contributed by atoms with Crippen molar-refractivity contribution in [1.82, 2.24) is 5.32 Å². The summed E-state index contributed by atoms with van der Waals surface area (Å²) < 4.78 is 5.16. The van der Waals surface area contributed by atoms with E-state index < -0.39 is 0 Å². The van der Waals surface area contributed by atoms with E-state index in [4.69, 9.17) is 10.5 Å². The van der Waals surface area contributed by atoms with Crippen LogP contribution in [-0.2, 0) is 9.53 Å². The number of amides is 2. The Bertz CT molecular complexity index is 490. The number of ether oxygens (including phenoxy) is 1. The Labute approximate surface area is 111 Å². The Morgan fingerprint density at radius 2 is 2.16 bits per heavy atom. The predicted octanol–water partition coefficient (Wildman–Crippen LogP) is -0.0416. The van der Waals surface area contributed by atoms with E-state index in [0.29, 0.717) is 24.5 Å². The zero-order valence-corrected chi connectivity index (χ0v) is 10.7. The summed E-state index contributed by atoms with van der Waals surface area (Å²) in [5.74, 6) is -0.722. The molecule has 1 aromatic rings. The van der Waals surface area contributed by atoms with Crippen LogP contribution in [0.4, 0.5) is 5.69 Å². The van der Waals surface area contributed by atoms with Gasteiger partial charge in [-0.2, -0.15) is 0 Å². The molecule has 0 bridgehead atoms. The minimum absolute atomic E-state index is 0.181. The first-order valence-electron chi connectivity index (χ1n) is 6.08. The third-order valence-electron chi connectivity index (χ3n) is 3.08. The van der Waals surface area contributed by atoms with Crippen molar-refractivity contribution < 1.29 is 14.3 Å². The van der Waals surface area contributed by atoms with E-state index >= 15 is 0 Å². The lowest BCUT2D eigenvalue weighted by Crippen LogP contribution is -2.37. The molecule has 0 aliphatic carbocycles. The predicted molar refractivity (Wildman–Crippen MR) is 70.7 cm³/mol. The van der Waals surface area contributed by atoms with Crippen molar-refractivity contribution in [2.75, 3.05) is 25.6 Å². The van der Waals surface area contributed by atoms with Gasteiger partial charge in [-0.05, 0) is 18.2 Å². The molecule has 2 amide bonds. The Balaban J connectivity index is 2.06. The van der Waals surface area contributed by atoms with E-state index in [1.807, 2.05) is 0 Å². The quantitative estimate of drug-likeness (QED) is 0.713. The molecular formula is C13H17N3O3. The van der Waals surface area contributed by atoms with E-state index in [1.165, 1.54) is 0 Å². The van der Waals surface area contributed by atoms with E-state index in [9.17, 15) is 9.59 Å². The van der Waals surface area contributed by atoms with Crippen LogP contribution in [0.15, 0.2) is 24.3 Å². The fourth-order valence-electron chi connectivity index (χ4n) is 1.96. The standard InChI is InChI=1S/C13H17N3O3/c1-15-12(17)8-3-2-4-9(5-8)16-13(18)10-6-19-7-11(10)14/h2-5,10-11H,6-7,14H2,1H3,(H,15,17)(H,16,18). The maximum absolute atomic E-state index is 12.0. The lowest BCUT2D eigenvalue weighted by molar-refractivity contribution is -0.120. The van der Waals surface area contributed by atoms with E-state index in [1.54, 1.807) is 31.3 Å². The smallest absolute Gasteiger partial charge is 0.251 e. The van der Waals surface area contributed by atoms with Crippen molar-refractivity contribution >= 4 is 17.5 Å². The van der Waals surface area contributed by atoms with Gasteiger partial charge in [0.05, 0.1) is 19.1 Å². The molecular weight excluding hydrogens is 246 g/mol. The molecule has 2 rings (SSSR count). The second-order valence-electron chi connectivity index (χ2n) is 4.46. The molecule has 6 nitrogen and oxygen atoms in total. The highest BCUT2D eigenvalue weighted by Crippen LogP contribution is 2.16. The van der Waals surface area contributed by atoms with Crippen molar-refractivity contribution in [2.24, 2.45) is 11.7 Å². The zero-order chi connectivity index (χ0) is 13.8. The number of hydrogen-bond donors (Lipinski definition) is 3. The van der Waals surface area contributed by atoms with Gasteiger partial charge in [0.25, 0.3) is 5.91 Å². The van der Waals surface area contributed by atoms with Crippen LogP contribution in [0.2, 0.25) is 0 Å². The average molecular weight is 263 g/mol. The highest BCUT2D eigenvalue weighted by molar-refractivity contribution is 5.97. The van der Waals surface area contributed by atoms with Gasteiger partial charge in [-0.25, -0.2) is 0 Å². The molecule has 0 aromatic heterocycles. The first-order valence-corrected chi connectivity index (χ1v) is 6.08. The second-order valence-corrected chi connectivity index (χ2v) is 4.46. The van der Waals surface area contributed by atoms with E-state index in [0.717, 1.165) is 0 Å². The summed E-state index contributed by atoms with van der Waals surface area (Å²) in [7, 11) is 1.56. The van der Waals surface area contributed by atoms with E-state index in [2.05, 4.69) is 10.6 Å². The Morgan fingerprint density at radius 1 is 1.37 bits per heavy atom. The highest BCUT2D eigenvalue weighted by Gasteiger charge is 2.31. The molecule has 102 valence electrons. The van der Waals surface area contributed by atoms with Crippen LogP contribution in [0.1, 0.15) is 10.4 Å². The molecule has 1 aliphatic rings. The van der Waals surface area contributed by atoms with Crippen molar-refractivity contribution in [2.45, 2.75) is 6.04 Å². The summed E-state index contributed by atoms with van der Waals surface area (Å²) >= 11 is 0. The number of carbonyl (C=O) groups is 2. The number of carbonyl (C=O) groups excluding carboxylic acids is 2. The summed E-state index contributed by atoms with van der Waals surface area (Å²) in [6, 6.07) is 6.47. The van der Waals surface area contributed by atoms with Crippen molar-refractivity contribution in [1.29, 1.82) is 0 Å². The number of nitrogens with one attached hydrogen (secondary N) is 2. The number of hydrogen-bond acceptors (Lipinski definition) is 4. The summed E-state index contributed by atoms with van der Waals surface area (Å²) in [6.07, 6.45) is 0. The van der Waals surface area contributed by atoms with Gasteiger partial charge in [-0.15, -0.1) is 0 Å². The maximum Gasteiger partial charge on any atom is 0.251 e. The molecule has 4 N–H and O–H groups in total.